The van der Waals surface area contributed by atoms with E-state index in [0.717, 1.165) is 18.0 Å². The van der Waals surface area contributed by atoms with Gasteiger partial charge in [0.2, 0.25) is 5.91 Å². The van der Waals surface area contributed by atoms with E-state index in [1.807, 2.05) is 18.2 Å². The lowest BCUT2D eigenvalue weighted by Gasteiger charge is -2.08. The van der Waals surface area contributed by atoms with Crippen LogP contribution in [0.15, 0.2) is 47.4 Å². The van der Waals surface area contributed by atoms with Crippen LogP contribution in [0.1, 0.15) is 26.2 Å². The standard InChI is InChI=1S/C19H26N2OS/c1-2-3-6-12-20-13-14-21-19(22)15-23-18-11-7-9-16-8-4-5-10-17(16)18/h4-5,7-11,20H,2-3,6,12-15H2,1H3,(H,21,22). The zero-order valence-corrected chi connectivity index (χ0v) is 14.6. The number of thioether (sulfide) groups is 1. The summed E-state index contributed by atoms with van der Waals surface area (Å²) in [7, 11) is 0. The maximum Gasteiger partial charge on any atom is 0.230 e. The molecular formula is C19H26N2OS. The van der Waals surface area contributed by atoms with Crippen molar-refractivity contribution >= 4 is 28.4 Å². The third-order valence-electron chi connectivity index (χ3n) is 3.69. The number of carbonyl (C=O) groups is 1. The number of amides is 1. The van der Waals surface area contributed by atoms with Crippen LogP contribution in [0.5, 0.6) is 0 Å². The van der Waals surface area contributed by atoms with Crippen molar-refractivity contribution < 1.29 is 4.79 Å². The lowest BCUT2D eigenvalue weighted by atomic mass is 10.1. The molecule has 0 atom stereocenters. The maximum atomic E-state index is 11.9. The average Bonchev–Trinajstić information content (AvgIpc) is 2.59. The van der Waals surface area contributed by atoms with Gasteiger partial charge < -0.3 is 10.6 Å². The summed E-state index contributed by atoms with van der Waals surface area (Å²) in [5.74, 6) is 0.558. The first-order valence-electron chi connectivity index (χ1n) is 8.39. The molecule has 3 nitrogen and oxygen atoms in total. The van der Waals surface area contributed by atoms with E-state index in [0.29, 0.717) is 12.3 Å². The average molecular weight is 330 g/mol. The molecule has 23 heavy (non-hydrogen) atoms. The Morgan fingerprint density at radius 1 is 1.00 bits per heavy atom. The van der Waals surface area contributed by atoms with Gasteiger partial charge in [-0.25, -0.2) is 0 Å². The predicted octanol–water partition coefficient (Wildman–Crippen LogP) is 3.83. The van der Waals surface area contributed by atoms with Gasteiger partial charge in [-0.2, -0.15) is 0 Å². The number of hydrogen-bond donors (Lipinski definition) is 2. The molecule has 0 heterocycles. The van der Waals surface area contributed by atoms with Crippen molar-refractivity contribution in [1.82, 2.24) is 10.6 Å². The smallest absolute Gasteiger partial charge is 0.230 e. The summed E-state index contributed by atoms with van der Waals surface area (Å²) in [4.78, 5) is 13.1. The zero-order valence-electron chi connectivity index (χ0n) is 13.8. The summed E-state index contributed by atoms with van der Waals surface area (Å²) in [6.07, 6.45) is 3.71. The minimum atomic E-state index is 0.0956. The minimum Gasteiger partial charge on any atom is -0.354 e. The lowest BCUT2D eigenvalue weighted by Crippen LogP contribution is -2.33. The fourth-order valence-corrected chi connectivity index (χ4v) is 3.34. The van der Waals surface area contributed by atoms with E-state index < -0.39 is 0 Å². The molecule has 0 aliphatic carbocycles. The molecule has 0 saturated heterocycles. The van der Waals surface area contributed by atoms with Crippen LogP contribution >= 0.6 is 11.8 Å². The minimum absolute atomic E-state index is 0.0956. The fourth-order valence-electron chi connectivity index (χ4n) is 2.43. The van der Waals surface area contributed by atoms with Crippen LogP contribution in [0, 0.1) is 0 Å². The SMILES string of the molecule is CCCCCNCCNC(=O)CSc1cccc2ccccc12. The number of nitrogens with one attached hydrogen (secondary N) is 2. The maximum absolute atomic E-state index is 11.9. The summed E-state index contributed by atoms with van der Waals surface area (Å²) in [5, 5.41) is 8.75. The summed E-state index contributed by atoms with van der Waals surface area (Å²) in [5.41, 5.74) is 0. The van der Waals surface area contributed by atoms with Crippen LogP contribution in [-0.2, 0) is 4.79 Å². The van der Waals surface area contributed by atoms with Gasteiger partial charge in [-0.1, -0.05) is 56.2 Å². The first-order chi connectivity index (χ1) is 11.3. The van der Waals surface area contributed by atoms with Gasteiger partial charge in [0.1, 0.15) is 0 Å². The summed E-state index contributed by atoms with van der Waals surface area (Å²) >= 11 is 1.60. The monoisotopic (exact) mass is 330 g/mol. The van der Waals surface area contributed by atoms with Gasteiger partial charge in [0.05, 0.1) is 5.75 Å². The van der Waals surface area contributed by atoms with E-state index in [-0.39, 0.29) is 5.91 Å². The van der Waals surface area contributed by atoms with E-state index in [9.17, 15) is 4.79 Å². The van der Waals surface area contributed by atoms with Crippen LogP contribution in [0.3, 0.4) is 0 Å². The largest absolute Gasteiger partial charge is 0.354 e. The van der Waals surface area contributed by atoms with Crippen molar-refractivity contribution in [3.05, 3.63) is 42.5 Å². The van der Waals surface area contributed by atoms with E-state index in [2.05, 4.69) is 41.8 Å². The molecule has 0 fully saturated rings. The van der Waals surface area contributed by atoms with Crippen molar-refractivity contribution in [2.45, 2.75) is 31.1 Å². The number of fused-ring (bicyclic) bond motifs is 1. The molecule has 0 spiro atoms. The first-order valence-corrected chi connectivity index (χ1v) is 9.38. The number of rotatable bonds is 10. The molecule has 2 aromatic rings. The normalized spacial score (nSPS) is 10.8. The van der Waals surface area contributed by atoms with Crippen molar-refractivity contribution in [2.75, 3.05) is 25.4 Å². The number of hydrogen-bond acceptors (Lipinski definition) is 3. The van der Waals surface area contributed by atoms with Gasteiger partial charge in [-0.05, 0) is 29.8 Å². The summed E-state index contributed by atoms with van der Waals surface area (Å²) in [6, 6.07) is 14.5. The highest BCUT2D eigenvalue weighted by Gasteiger charge is 2.05. The van der Waals surface area contributed by atoms with Crippen LogP contribution in [0.4, 0.5) is 0 Å². The molecule has 2 rings (SSSR count). The van der Waals surface area contributed by atoms with Crippen LogP contribution in [0.25, 0.3) is 10.8 Å². The molecule has 0 bridgehead atoms. The molecule has 1 amide bonds. The van der Waals surface area contributed by atoms with Crippen LogP contribution in [-0.4, -0.2) is 31.3 Å². The first kappa shape index (κ1) is 17.8. The second-order valence-electron chi connectivity index (χ2n) is 5.57. The van der Waals surface area contributed by atoms with E-state index in [4.69, 9.17) is 0 Å². The Bertz CT molecular complexity index is 610. The second-order valence-corrected chi connectivity index (χ2v) is 6.59. The Labute approximate surface area is 143 Å². The molecule has 0 saturated carbocycles. The molecule has 4 heteroatoms. The molecule has 0 aromatic heterocycles. The van der Waals surface area contributed by atoms with Gasteiger partial charge in [0.25, 0.3) is 0 Å². The fraction of sp³-hybridized carbons (Fsp3) is 0.421. The Hall–Kier alpha value is -1.52. The topological polar surface area (TPSA) is 41.1 Å². The summed E-state index contributed by atoms with van der Waals surface area (Å²) in [6.45, 7) is 4.78. The Kier molecular flexibility index (Phi) is 7.98. The van der Waals surface area contributed by atoms with Crippen molar-refractivity contribution in [3.63, 3.8) is 0 Å². The highest BCUT2D eigenvalue weighted by atomic mass is 32.2. The molecule has 2 N–H and O–H groups in total. The van der Waals surface area contributed by atoms with Crippen LogP contribution in [0.2, 0.25) is 0 Å². The molecule has 0 radical (unpaired) electrons. The van der Waals surface area contributed by atoms with E-state index >= 15 is 0 Å². The lowest BCUT2D eigenvalue weighted by molar-refractivity contribution is -0.118. The number of benzene rings is 2. The third-order valence-corrected chi connectivity index (χ3v) is 4.76. The Balaban J connectivity index is 1.68. The van der Waals surface area contributed by atoms with Gasteiger partial charge in [0.15, 0.2) is 0 Å². The van der Waals surface area contributed by atoms with Gasteiger partial charge in [0, 0.05) is 18.0 Å². The predicted molar refractivity (Wildman–Crippen MR) is 100 cm³/mol. The second kappa shape index (κ2) is 10.3. The molecule has 0 aliphatic rings. The van der Waals surface area contributed by atoms with E-state index in [1.165, 1.54) is 30.0 Å². The van der Waals surface area contributed by atoms with E-state index in [1.54, 1.807) is 11.8 Å². The number of unbranched alkanes of at least 4 members (excludes halogenated alkanes) is 2. The quantitative estimate of drug-likeness (QED) is 0.514. The number of carbonyl (C=O) groups excluding carboxylic acids is 1. The van der Waals surface area contributed by atoms with Crippen molar-refractivity contribution in [3.8, 4) is 0 Å². The van der Waals surface area contributed by atoms with Crippen molar-refractivity contribution in [1.29, 1.82) is 0 Å². The highest BCUT2D eigenvalue weighted by molar-refractivity contribution is 8.00. The molecule has 0 aliphatic heterocycles. The molecular weight excluding hydrogens is 304 g/mol. The van der Waals surface area contributed by atoms with Gasteiger partial charge in [-0.3, -0.25) is 4.79 Å². The van der Waals surface area contributed by atoms with Crippen LogP contribution < -0.4 is 10.6 Å². The molecule has 0 unspecified atom stereocenters. The summed E-state index contributed by atoms with van der Waals surface area (Å²) < 4.78 is 0. The Morgan fingerprint density at radius 2 is 1.83 bits per heavy atom. The zero-order chi connectivity index (χ0) is 16.3. The third kappa shape index (κ3) is 6.24. The van der Waals surface area contributed by atoms with Gasteiger partial charge in [-0.15, -0.1) is 11.8 Å². The molecule has 124 valence electrons. The Morgan fingerprint density at radius 3 is 2.70 bits per heavy atom. The van der Waals surface area contributed by atoms with Crippen molar-refractivity contribution in [2.24, 2.45) is 0 Å². The molecule has 2 aromatic carbocycles. The highest BCUT2D eigenvalue weighted by Crippen LogP contribution is 2.27. The van der Waals surface area contributed by atoms with Gasteiger partial charge >= 0.3 is 0 Å².